The van der Waals surface area contributed by atoms with Crippen LogP contribution in [0.2, 0.25) is 0 Å². The number of rotatable bonds is 11. The molecule has 6 nitrogen and oxygen atoms in total. The third kappa shape index (κ3) is 7.67. The summed E-state index contributed by atoms with van der Waals surface area (Å²) in [5, 5.41) is 0. The third-order valence-electron chi connectivity index (χ3n) is 6.67. The normalized spacial score (nSPS) is 24.4. The smallest absolute Gasteiger partial charge is 0.338 e. The topological polar surface area (TPSA) is 71.1 Å². The van der Waals surface area contributed by atoms with E-state index in [1.54, 1.807) is 12.1 Å². The van der Waals surface area contributed by atoms with Gasteiger partial charge in [-0.05, 0) is 42.4 Å². The first-order valence-electron chi connectivity index (χ1n) is 12.1. The molecule has 0 radical (unpaired) electrons. The van der Waals surface area contributed by atoms with Crippen molar-refractivity contribution in [1.82, 2.24) is 0 Å². The second kappa shape index (κ2) is 13.3. The second-order valence-electron chi connectivity index (χ2n) is 9.06. The fraction of sp³-hybridized carbons (Fsp3) is 0.500. The van der Waals surface area contributed by atoms with Crippen molar-refractivity contribution in [2.75, 3.05) is 13.2 Å². The van der Waals surface area contributed by atoms with Gasteiger partial charge in [0.05, 0.1) is 11.7 Å². The van der Waals surface area contributed by atoms with E-state index in [-0.39, 0.29) is 42.8 Å². The Morgan fingerprint density at radius 1 is 0.824 bits per heavy atom. The van der Waals surface area contributed by atoms with Crippen LogP contribution in [0.5, 0.6) is 0 Å². The first-order chi connectivity index (χ1) is 16.5. The van der Waals surface area contributed by atoms with E-state index in [1.165, 1.54) is 0 Å². The minimum atomic E-state index is -0.364. The molecule has 0 aromatic heterocycles. The molecule has 0 bridgehead atoms. The van der Waals surface area contributed by atoms with E-state index in [0.717, 1.165) is 12.0 Å². The fourth-order valence-corrected chi connectivity index (χ4v) is 4.06. The molecular formula is C28H36O6. The fourth-order valence-electron chi connectivity index (χ4n) is 4.06. The van der Waals surface area contributed by atoms with Gasteiger partial charge >= 0.3 is 11.9 Å². The van der Waals surface area contributed by atoms with E-state index in [0.29, 0.717) is 37.5 Å². The van der Waals surface area contributed by atoms with Gasteiger partial charge in [0.1, 0.15) is 13.2 Å². The first-order valence-corrected chi connectivity index (χ1v) is 12.1. The molecule has 0 amide bonds. The highest BCUT2D eigenvalue weighted by atomic mass is 16.7. The number of carbonyl (C=O) groups is 2. The monoisotopic (exact) mass is 468 g/mol. The Bertz CT molecular complexity index is 884. The highest BCUT2D eigenvalue weighted by Gasteiger charge is 2.40. The SMILES string of the molecule is CC1C(COC(=O)c2ccccc2)OC(OCCCCC(=O)OCc2ccccc2)C(C)C1C. The molecule has 6 heteroatoms. The molecule has 34 heavy (non-hydrogen) atoms. The lowest BCUT2D eigenvalue weighted by molar-refractivity contribution is -0.254. The number of esters is 2. The van der Waals surface area contributed by atoms with Crippen molar-refractivity contribution in [1.29, 1.82) is 0 Å². The Morgan fingerprint density at radius 3 is 2.21 bits per heavy atom. The van der Waals surface area contributed by atoms with E-state index in [2.05, 4.69) is 20.8 Å². The Labute approximate surface area is 202 Å². The average Bonchev–Trinajstić information content (AvgIpc) is 2.87. The maximum atomic E-state index is 12.3. The zero-order valence-corrected chi connectivity index (χ0v) is 20.4. The van der Waals surface area contributed by atoms with Crippen LogP contribution in [0.15, 0.2) is 60.7 Å². The number of benzene rings is 2. The summed E-state index contributed by atoms with van der Waals surface area (Å²) in [5.41, 5.74) is 1.51. The van der Waals surface area contributed by atoms with Gasteiger partial charge in [-0.2, -0.15) is 0 Å². The first kappa shape index (κ1) is 25.9. The van der Waals surface area contributed by atoms with Crippen molar-refractivity contribution in [2.24, 2.45) is 17.8 Å². The quantitative estimate of drug-likeness (QED) is 0.325. The standard InChI is InChI=1S/C28H36O6/c1-20-21(2)25(19-33-27(30)24-14-8-5-9-15-24)34-28(22(20)3)31-17-11-10-16-26(29)32-18-23-12-6-4-7-13-23/h4-9,12-15,20-22,25,28H,10-11,16-19H2,1-3H3. The van der Waals surface area contributed by atoms with Gasteiger partial charge in [-0.25, -0.2) is 4.79 Å². The van der Waals surface area contributed by atoms with Crippen LogP contribution in [0.25, 0.3) is 0 Å². The molecule has 184 valence electrons. The van der Waals surface area contributed by atoms with Gasteiger partial charge in [-0.15, -0.1) is 0 Å². The van der Waals surface area contributed by atoms with Gasteiger partial charge in [-0.1, -0.05) is 69.3 Å². The Morgan fingerprint density at radius 2 is 1.50 bits per heavy atom. The number of unbranched alkanes of at least 4 members (excludes halogenated alkanes) is 1. The summed E-state index contributed by atoms with van der Waals surface area (Å²) in [6, 6.07) is 18.6. The van der Waals surface area contributed by atoms with E-state index in [9.17, 15) is 9.59 Å². The van der Waals surface area contributed by atoms with Crippen LogP contribution in [0.1, 0.15) is 56.0 Å². The van der Waals surface area contributed by atoms with Gasteiger partial charge in [0.15, 0.2) is 6.29 Å². The molecule has 5 atom stereocenters. The molecule has 0 N–H and O–H groups in total. The predicted octanol–water partition coefficient (Wildman–Crippen LogP) is 5.41. The van der Waals surface area contributed by atoms with Crippen LogP contribution in [0, 0.1) is 17.8 Å². The van der Waals surface area contributed by atoms with E-state index in [1.807, 2.05) is 48.5 Å². The second-order valence-corrected chi connectivity index (χ2v) is 9.06. The highest BCUT2D eigenvalue weighted by Crippen LogP contribution is 2.35. The van der Waals surface area contributed by atoms with Crippen molar-refractivity contribution >= 4 is 11.9 Å². The largest absolute Gasteiger partial charge is 0.461 e. The van der Waals surface area contributed by atoms with Crippen LogP contribution in [0.3, 0.4) is 0 Å². The maximum absolute atomic E-state index is 12.3. The summed E-state index contributed by atoms with van der Waals surface area (Å²) in [6.07, 6.45) is 1.21. The van der Waals surface area contributed by atoms with Crippen LogP contribution in [-0.2, 0) is 30.3 Å². The van der Waals surface area contributed by atoms with Gasteiger partial charge in [0.2, 0.25) is 0 Å². The van der Waals surface area contributed by atoms with Crippen LogP contribution >= 0.6 is 0 Å². The Kier molecular flexibility index (Phi) is 10.1. The third-order valence-corrected chi connectivity index (χ3v) is 6.67. The zero-order chi connectivity index (χ0) is 24.3. The summed E-state index contributed by atoms with van der Waals surface area (Å²) >= 11 is 0. The molecule has 2 aromatic rings. The molecule has 0 aliphatic carbocycles. The lowest BCUT2D eigenvalue weighted by Gasteiger charge is -2.43. The number of hydrogen-bond donors (Lipinski definition) is 0. The van der Waals surface area contributed by atoms with Crippen LogP contribution in [-0.4, -0.2) is 37.5 Å². The van der Waals surface area contributed by atoms with Crippen molar-refractivity contribution in [3.63, 3.8) is 0 Å². The lowest BCUT2D eigenvalue weighted by Crippen LogP contribution is -2.48. The number of hydrogen-bond acceptors (Lipinski definition) is 6. The molecule has 1 saturated heterocycles. The number of ether oxygens (including phenoxy) is 4. The summed E-state index contributed by atoms with van der Waals surface area (Å²) in [4.78, 5) is 24.3. The molecule has 3 rings (SSSR count). The predicted molar refractivity (Wildman–Crippen MR) is 129 cm³/mol. The van der Waals surface area contributed by atoms with Gasteiger partial charge in [0, 0.05) is 18.9 Å². The molecule has 1 aliphatic rings. The minimum Gasteiger partial charge on any atom is -0.461 e. The molecular weight excluding hydrogens is 432 g/mol. The van der Waals surface area contributed by atoms with Gasteiger partial charge in [0.25, 0.3) is 0 Å². The van der Waals surface area contributed by atoms with Gasteiger partial charge in [-0.3, -0.25) is 4.79 Å². The molecule has 0 spiro atoms. The summed E-state index contributed by atoms with van der Waals surface area (Å²) in [5.74, 6) is 0.255. The average molecular weight is 469 g/mol. The molecule has 1 heterocycles. The molecule has 0 saturated carbocycles. The Hall–Kier alpha value is -2.70. The molecule has 5 unspecified atom stereocenters. The van der Waals surface area contributed by atoms with Crippen LogP contribution in [0.4, 0.5) is 0 Å². The van der Waals surface area contributed by atoms with Crippen LogP contribution < -0.4 is 0 Å². The molecule has 1 fully saturated rings. The molecule has 1 aliphatic heterocycles. The van der Waals surface area contributed by atoms with Gasteiger partial charge < -0.3 is 18.9 Å². The van der Waals surface area contributed by atoms with Crippen molar-refractivity contribution in [3.05, 3.63) is 71.8 Å². The van der Waals surface area contributed by atoms with E-state index < -0.39 is 0 Å². The lowest BCUT2D eigenvalue weighted by atomic mass is 9.79. The minimum absolute atomic E-state index is 0.194. The summed E-state index contributed by atoms with van der Waals surface area (Å²) in [7, 11) is 0. The van der Waals surface area contributed by atoms with Crippen molar-refractivity contribution in [3.8, 4) is 0 Å². The summed E-state index contributed by atoms with van der Waals surface area (Å²) < 4.78 is 23.1. The maximum Gasteiger partial charge on any atom is 0.338 e. The van der Waals surface area contributed by atoms with E-state index in [4.69, 9.17) is 18.9 Å². The summed E-state index contributed by atoms with van der Waals surface area (Å²) in [6.45, 7) is 7.43. The highest BCUT2D eigenvalue weighted by molar-refractivity contribution is 5.89. The van der Waals surface area contributed by atoms with Crippen molar-refractivity contribution < 1.29 is 28.5 Å². The molecule has 2 aromatic carbocycles. The number of carbonyl (C=O) groups excluding carboxylic acids is 2. The van der Waals surface area contributed by atoms with E-state index >= 15 is 0 Å². The van der Waals surface area contributed by atoms with Crippen molar-refractivity contribution in [2.45, 2.75) is 59.0 Å². The zero-order valence-electron chi connectivity index (χ0n) is 20.4. The Balaban J connectivity index is 1.37.